The second kappa shape index (κ2) is 10.1. The summed E-state index contributed by atoms with van der Waals surface area (Å²) in [6.07, 6.45) is 5.89. The molecule has 0 aliphatic rings. The highest BCUT2D eigenvalue weighted by molar-refractivity contribution is 5.93. The van der Waals surface area contributed by atoms with Crippen LogP contribution in [0.3, 0.4) is 0 Å². The lowest BCUT2D eigenvalue weighted by atomic mass is 10.1. The third kappa shape index (κ3) is 6.52. The summed E-state index contributed by atoms with van der Waals surface area (Å²) >= 11 is 0. The molecule has 138 valence electrons. The number of nitrogens with one attached hydrogen (secondary N) is 1. The Morgan fingerprint density at radius 1 is 1.08 bits per heavy atom. The molecule has 0 saturated carbocycles. The Morgan fingerprint density at radius 2 is 1.88 bits per heavy atom. The average molecular weight is 356 g/mol. The fourth-order valence-electron chi connectivity index (χ4n) is 2.36. The van der Waals surface area contributed by atoms with Gasteiger partial charge in [-0.1, -0.05) is 18.9 Å². The zero-order valence-corrected chi connectivity index (χ0v) is 14.6. The Bertz CT molecular complexity index is 732. The fraction of sp³-hybridized carbons (Fsp3) is 0.316. The SMILES string of the molecule is NCCCCCCC(=O)Nc1ccc(Oc2cccc(C(N)=O)c2)nc1. The minimum absolute atomic E-state index is 0.0395. The van der Waals surface area contributed by atoms with Gasteiger partial charge < -0.3 is 21.5 Å². The molecule has 2 aromatic rings. The number of rotatable bonds is 10. The van der Waals surface area contributed by atoms with Crippen LogP contribution in [0, 0.1) is 0 Å². The van der Waals surface area contributed by atoms with Crippen molar-refractivity contribution in [1.29, 1.82) is 0 Å². The number of hydrogen-bond donors (Lipinski definition) is 3. The second-order valence-corrected chi connectivity index (χ2v) is 5.88. The Morgan fingerprint density at radius 3 is 2.58 bits per heavy atom. The Hall–Kier alpha value is -2.93. The summed E-state index contributed by atoms with van der Waals surface area (Å²) in [6, 6.07) is 9.90. The highest BCUT2D eigenvalue weighted by Gasteiger charge is 2.06. The van der Waals surface area contributed by atoms with Crippen LogP contribution in [0.25, 0.3) is 0 Å². The van der Waals surface area contributed by atoms with Gasteiger partial charge in [-0.25, -0.2) is 4.98 Å². The van der Waals surface area contributed by atoms with Crippen molar-refractivity contribution in [3.05, 3.63) is 48.2 Å². The number of amides is 2. The highest BCUT2D eigenvalue weighted by Crippen LogP contribution is 2.21. The number of ether oxygens (including phenoxy) is 1. The summed E-state index contributed by atoms with van der Waals surface area (Å²) in [7, 11) is 0. The van der Waals surface area contributed by atoms with Crippen LogP contribution in [0.4, 0.5) is 5.69 Å². The molecule has 0 unspecified atom stereocenters. The van der Waals surface area contributed by atoms with Crippen LogP contribution < -0.4 is 21.5 Å². The Balaban J connectivity index is 1.83. The van der Waals surface area contributed by atoms with Crippen LogP contribution in [0.15, 0.2) is 42.6 Å². The van der Waals surface area contributed by atoms with E-state index in [1.807, 2.05) is 0 Å². The lowest BCUT2D eigenvalue weighted by Gasteiger charge is -2.08. The summed E-state index contributed by atoms with van der Waals surface area (Å²) < 4.78 is 5.59. The van der Waals surface area contributed by atoms with Gasteiger partial charge in [-0.3, -0.25) is 9.59 Å². The van der Waals surface area contributed by atoms with Gasteiger partial charge in [-0.05, 0) is 43.7 Å². The van der Waals surface area contributed by atoms with Gasteiger partial charge in [0.15, 0.2) is 0 Å². The van der Waals surface area contributed by atoms with Crippen molar-refractivity contribution < 1.29 is 14.3 Å². The van der Waals surface area contributed by atoms with Crippen LogP contribution in [-0.2, 0) is 4.79 Å². The molecule has 0 aliphatic heterocycles. The van der Waals surface area contributed by atoms with E-state index in [4.69, 9.17) is 16.2 Å². The van der Waals surface area contributed by atoms with Crippen molar-refractivity contribution in [2.24, 2.45) is 11.5 Å². The van der Waals surface area contributed by atoms with Crippen LogP contribution in [0.2, 0.25) is 0 Å². The van der Waals surface area contributed by atoms with Crippen molar-refractivity contribution >= 4 is 17.5 Å². The number of primary amides is 1. The van der Waals surface area contributed by atoms with E-state index in [1.54, 1.807) is 36.4 Å². The first-order valence-corrected chi connectivity index (χ1v) is 8.62. The van der Waals surface area contributed by atoms with Gasteiger partial charge in [0.2, 0.25) is 17.7 Å². The van der Waals surface area contributed by atoms with E-state index in [-0.39, 0.29) is 5.91 Å². The summed E-state index contributed by atoms with van der Waals surface area (Å²) in [6.45, 7) is 0.694. The van der Waals surface area contributed by atoms with E-state index in [9.17, 15) is 9.59 Å². The van der Waals surface area contributed by atoms with Crippen molar-refractivity contribution in [2.75, 3.05) is 11.9 Å². The minimum Gasteiger partial charge on any atom is -0.439 e. The zero-order valence-electron chi connectivity index (χ0n) is 14.6. The lowest BCUT2D eigenvalue weighted by molar-refractivity contribution is -0.116. The quantitative estimate of drug-likeness (QED) is 0.565. The number of aromatic nitrogens is 1. The predicted molar refractivity (Wildman–Crippen MR) is 100 cm³/mol. The molecule has 1 aromatic carbocycles. The maximum absolute atomic E-state index is 11.9. The molecule has 26 heavy (non-hydrogen) atoms. The van der Waals surface area contributed by atoms with Gasteiger partial charge in [0.25, 0.3) is 0 Å². The van der Waals surface area contributed by atoms with Crippen LogP contribution in [0.5, 0.6) is 11.6 Å². The van der Waals surface area contributed by atoms with Crippen LogP contribution in [0.1, 0.15) is 42.5 Å². The smallest absolute Gasteiger partial charge is 0.248 e. The van der Waals surface area contributed by atoms with Crippen LogP contribution in [-0.4, -0.2) is 23.3 Å². The normalized spacial score (nSPS) is 10.3. The lowest BCUT2D eigenvalue weighted by Crippen LogP contribution is -2.11. The van der Waals surface area contributed by atoms with Gasteiger partial charge in [-0.2, -0.15) is 0 Å². The van der Waals surface area contributed by atoms with E-state index in [0.717, 1.165) is 25.7 Å². The van der Waals surface area contributed by atoms with E-state index in [1.165, 1.54) is 6.20 Å². The number of pyridine rings is 1. The molecule has 2 amide bonds. The third-order valence-corrected chi connectivity index (χ3v) is 3.72. The number of unbranched alkanes of at least 4 members (excludes halogenated alkanes) is 3. The highest BCUT2D eigenvalue weighted by atomic mass is 16.5. The first-order chi connectivity index (χ1) is 12.6. The summed E-state index contributed by atoms with van der Waals surface area (Å²) in [5, 5.41) is 2.81. The maximum atomic E-state index is 11.9. The molecule has 1 aromatic heterocycles. The van der Waals surface area contributed by atoms with E-state index < -0.39 is 5.91 Å². The largest absolute Gasteiger partial charge is 0.439 e. The van der Waals surface area contributed by atoms with E-state index >= 15 is 0 Å². The van der Waals surface area contributed by atoms with Crippen molar-refractivity contribution in [3.8, 4) is 11.6 Å². The summed E-state index contributed by atoms with van der Waals surface area (Å²) in [5.41, 5.74) is 11.6. The average Bonchev–Trinajstić information content (AvgIpc) is 2.63. The monoisotopic (exact) mass is 356 g/mol. The number of carbonyl (C=O) groups excluding carboxylic acids is 2. The summed E-state index contributed by atoms with van der Waals surface area (Å²) in [5.74, 6) is 0.251. The number of benzene rings is 1. The minimum atomic E-state index is -0.524. The van der Waals surface area contributed by atoms with Crippen molar-refractivity contribution in [1.82, 2.24) is 4.98 Å². The fourth-order valence-corrected chi connectivity index (χ4v) is 2.36. The van der Waals surface area contributed by atoms with E-state index in [2.05, 4.69) is 10.3 Å². The molecular weight excluding hydrogens is 332 g/mol. The van der Waals surface area contributed by atoms with Gasteiger partial charge in [0.1, 0.15) is 5.75 Å². The zero-order chi connectivity index (χ0) is 18.8. The Labute approximate surface area is 152 Å². The number of hydrogen-bond acceptors (Lipinski definition) is 5. The number of nitrogens with zero attached hydrogens (tertiary/aromatic N) is 1. The van der Waals surface area contributed by atoms with Gasteiger partial charge in [0, 0.05) is 18.1 Å². The molecule has 5 N–H and O–H groups in total. The molecule has 0 spiro atoms. The first kappa shape index (κ1) is 19.4. The van der Waals surface area contributed by atoms with Crippen molar-refractivity contribution in [2.45, 2.75) is 32.1 Å². The molecule has 0 aliphatic carbocycles. The molecule has 0 bridgehead atoms. The van der Waals surface area contributed by atoms with Crippen LogP contribution >= 0.6 is 0 Å². The molecule has 0 saturated heterocycles. The Kier molecular flexibility index (Phi) is 7.57. The molecule has 1 heterocycles. The molecular formula is C19H24N4O3. The van der Waals surface area contributed by atoms with Gasteiger partial charge >= 0.3 is 0 Å². The van der Waals surface area contributed by atoms with Crippen molar-refractivity contribution in [3.63, 3.8) is 0 Å². The molecule has 0 fully saturated rings. The molecule has 7 heteroatoms. The molecule has 2 rings (SSSR count). The second-order valence-electron chi connectivity index (χ2n) is 5.88. The van der Waals surface area contributed by atoms with Gasteiger partial charge in [0.05, 0.1) is 11.9 Å². The molecule has 0 radical (unpaired) electrons. The number of anilines is 1. The summed E-state index contributed by atoms with van der Waals surface area (Å²) in [4.78, 5) is 27.2. The third-order valence-electron chi connectivity index (χ3n) is 3.72. The number of carbonyl (C=O) groups is 2. The molecule has 7 nitrogen and oxygen atoms in total. The standard InChI is InChI=1S/C19H24N4O3/c20-11-4-2-1-3-8-17(24)23-15-9-10-18(22-13-15)26-16-7-5-6-14(12-16)19(21)25/h5-7,9-10,12-13H,1-4,8,11,20H2,(H2,21,25)(H,23,24). The maximum Gasteiger partial charge on any atom is 0.248 e. The number of nitrogens with two attached hydrogens (primary N) is 2. The topological polar surface area (TPSA) is 120 Å². The first-order valence-electron chi connectivity index (χ1n) is 8.62. The molecule has 0 atom stereocenters. The van der Waals surface area contributed by atoms with Gasteiger partial charge in [-0.15, -0.1) is 0 Å². The predicted octanol–water partition coefficient (Wildman–Crippen LogP) is 2.82. The van der Waals surface area contributed by atoms with E-state index in [0.29, 0.717) is 35.8 Å².